The van der Waals surface area contributed by atoms with Gasteiger partial charge in [0.05, 0.1) is 24.0 Å². The molecule has 26 heavy (non-hydrogen) atoms. The van der Waals surface area contributed by atoms with E-state index in [2.05, 4.69) is 29.2 Å². The zero-order valence-electron chi connectivity index (χ0n) is 14.9. The highest BCUT2D eigenvalue weighted by Gasteiger charge is 2.13. The Balaban J connectivity index is 1.51. The van der Waals surface area contributed by atoms with Crippen LogP contribution in [0, 0.1) is 0 Å². The van der Waals surface area contributed by atoms with Crippen LogP contribution in [0.1, 0.15) is 5.56 Å². The molecule has 1 amide bonds. The number of halogens is 1. The van der Waals surface area contributed by atoms with Crippen molar-refractivity contribution in [3.63, 3.8) is 0 Å². The maximum Gasteiger partial charge on any atom is 0.232 e. The Hall–Kier alpha value is -1.69. The zero-order chi connectivity index (χ0) is 18.4. The number of morpholine rings is 1. The van der Waals surface area contributed by atoms with Crippen molar-refractivity contribution >= 4 is 35.0 Å². The standard InChI is InChI=1S/C20H23ClN2O2S/c1-22(20(24)15-26-19-5-3-2-4-18(19)21)14-16-6-8-17(9-7-16)23-10-12-25-13-11-23/h2-9H,10-15H2,1H3. The van der Waals surface area contributed by atoms with E-state index in [1.165, 1.54) is 17.4 Å². The van der Waals surface area contributed by atoms with Crippen molar-refractivity contribution in [3.05, 3.63) is 59.1 Å². The molecule has 2 aromatic carbocycles. The summed E-state index contributed by atoms with van der Waals surface area (Å²) in [5.41, 5.74) is 2.33. The number of thioether (sulfide) groups is 1. The zero-order valence-corrected chi connectivity index (χ0v) is 16.4. The monoisotopic (exact) mass is 390 g/mol. The van der Waals surface area contributed by atoms with Crippen LogP contribution in [-0.4, -0.2) is 49.9 Å². The molecule has 0 aromatic heterocycles. The summed E-state index contributed by atoms with van der Waals surface area (Å²) in [7, 11) is 1.84. The minimum Gasteiger partial charge on any atom is -0.378 e. The predicted molar refractivity (Wildman–Crippen MR) is 108 cm³/mol. The van der Waals surface area contributed by atoms with Gasteiger partial charge >= 0.3 is 0 Å². The Kier molecular flexibility index (Phi) is 6.83. The average Bonchev–Trinajstić information content (AvgIpc) is 2.68. The first-order valence-corrected chi connectivity index (χ1v) is 10.0. The lowest BCUT2D eigenvalue weighted by Gasteiger charge is -2.29. The van der Waals surface area contributed by atoms with Crippen molar-refractivity contribution in [3.8, 4) is 0 Å². The molecule has 0 N–H and O–H groups in total. The molecular weight excluding hydrogens is 368 g/mol. The van der Waals surface area contributed by atoms with Gasteiger partial charge in [-0.2, -0.15) is 0 Å². The normalized spacial score (nSPS) is 14.3. The molecule has 0 saturated carbocycles. The van der Waals surface area contributed by atoms with Crippen LogP contribution in [0.4, 0.5) is 5.69 Å². The molecular formula is C20H23ClN2O2S. The maximum absolute atomic E-state index is 12.4. The van der Waals surface area contributed by atoms with Gasteiger partial charge in [0.2, 0.25) is 5.91 Å². The number of ether oxygens (including phenoxy) is 1. The summed E-state index contributed by atoms with van der Waals surface area (Å²) in [4.78, 5) is 17.4. The Morgan fingerprint density at radius 1 is 1.15 bits per heavy atom. The van der Waals surface area contributed by atoms with Gasteiger partial charge in [-0.15, -0.1) is 11.8 Å². The van der Waals surface area contributed by atoms with Crippen LogP contribution in [0.3, 0.4) is 0 Å². The Morgan fingerprint density at radius 2 is 1.85 bits per heavy atom. The molecule has 0 radical (unpaired) electrons. The van der Waals surface area contributed by atoms with Crippen molar-refractivity contribution < 1.29 is 9.53 Å². The van der Waals surface area contributed by atoms with E-state index in [-0.39, 0.29) is 5.91 Å². The molecule has 1 fully saturated rings. The minimum atomic E-state index is 0.0900. The molecule has 2 aromatic rings. The number of rotatable bonds is 6. The Labute approximate surface area is 164 Å². The second-order valence-corrected chi connectivity index (χ2v) is 7.66. The van der Waals surface area contributed by atoms with Crippen LogP contribution >= 0.6 is 23.4 Å². The number of carbonyl (C=O) groups excluding carboxylic acids is 1. The third-order valence-electron chi connectivity index (χ3n) is 4.35. The number of amides is 1. The van der Waals surface area contributed by atoms with Crippen LogP contribution in [0.2, 0.25) is 5.02 Å². The molecule has 0 atom stereocenters. The van der Waals surface area contributed by atoms with Crippen LogP contribution in [-0.2, 0) is 16.1 Å². The van der Waals surface area contributed by atoms with Crippen LogP contribution in [0.5, 0.6) is 0 Å². The number of hydrogen-bond donors (Lipinski definition) is 0. The fourth-order valence-corrected chi connectivity index (χ4v) is 3.99. The van der Waals surface area contributed by atoms with E-state index in [4.69, 9.17) is 16.3 Å². The van der Waals surface area contributed by atoms with Crippen LogP contribution in [0.15, 0.2) is 53.4 Å². The highest BCUT2D eigenvalue weighted by molar-refractivity contribution is 8.00. The molecule has 0 spiro atoms. The van der Waals surface area contributed by atoms with Gasteiger partial charge in [-0.3, -0.25) is 4.79 Å². The Morgan fingerprint density at radius 3 is 2.54 bits per heavy atom. The lowest BCUT2D eigenvalue weighted by atomic mass is 10.2. The topological polar surface area (TPSA) is 32.8 Å². The van der Waals surface area contributed by atoms with Gasteiger partial charge in [-0.1, -0.05) is 35.9 Å². The first-order chi connectivity index (χ1) is 12.6. The van der Waals surface area contributed by atoms with Gasteiger partial charge in [0.25, 0.3) is 0 Å². The quantitative estimate of drug-likeness (QED) is 0.700. The molecule has 0 aliphatic carbocycles. The molecule has 4 nitrogen and oxygen atoms in total. The Bertz CT molecular complexity index is 733. The van der Waals surface area contributed by atoms with Crippen molar-refractivity contribution in [2.24, 2.45) is 0 Å². The predicted octanol–water partition coefficient (Wildman–Crippen LogP) is 3.93. The summed E-state index contributed by atoms with van der Waals surface area (Å²) in [6.45, 7) is 4.02. The van der Waals surface area contributed by atoms with E-state index in [9.17, 15) is 4.79 Å². The van der Waals surface area contributed by atoms with Crippen molar-refractivity contribution in [2.75, 3.05) is 44.0 Å². The lowest BCUT2D eigenvalue weighted by Crippen LogP contribution is -2.36. The fraction of sp³-hybridized carbons (Fsp3) is 0.350. The average molecular weight is 391 g/mol. The highest BCUT2D eigenvalue weighted by atomic mass is 35.5. The lowest BCUT2D eigenvalue weighted by molar-refractivity contribution is -0.127. The summed E-state index contributed by atoms with van der Waals surface area (Å²) in [5.74, 6) is 0.471. The van der Waals surface area contributed by atoms with Crippen LogP contribution < -0.4 is 4.90 Å². The molecule has 0 bridgehead atoms. The van der Waals surface area contributed by atoms with E-state index >= 15 is 0 Å². The van der Waals surface area contributed by atoms with Gasteiger partial charge in [-0.05, 0) is 29.8 Å². The van der Waals surface area contributed by atoms with Crippen molar-refractivity contribution in [1.82, 2.24) is 4.90 Å². The smallest absolute Gasteiger partial charge is 0.232 e. The largest absolute Gasteiger partial charge is 0.378 e. The van der Waals surface area contributed by atoms with E-state index in [1.807, 2.05) is 31.3 Å². The van der Waals surface area contributed by atoms with Gasteiger partial charge in [0.1, 0.15) is 0 Å². The van der Waals surface area contributed by atoms with Crippen LogP contribution in [0.25, 0.3) is 0 Å². The van der Waals surface area contributed by atoms with Gasteiger partial charge in [0, 0.05) is 37.3 Å². The second-order valence-electron chi connectivity index (χ2n) is 6.23. The van der Waals surface area contributed by atoms with E-state index in [1.54, 1.807) is 4.90 Å². The molecule has 138 valence electrons. The molecule has 6 heteroatoms. The first-order valence-electron chi connectivity index (χ1n) is 8.66. The third kappa shape index (κ3) is 5.16. The highest BCUT2D eigenvalue weighted by Crippen LogP contribution is 2.26. The summed E-state index contributed by atoms with van der Waals surface area (Å²) in [6, 6.07) is 16.0. The number of anilines is 1. The molecule has 1 saturated heterocycles. The number of nitrogens with zero attached hydrogens (tertiary/aromatic N) is 2. The van der Waals surface area contributed by atoms with Gasteiger partial charge < -0.3 is 14.5 Å². The van der Waals surface area contributed by atoms with Crippen molar-refractivity contribution in [2.45, 2.75) is 11.4 Å². The minimum absolute atomic E-state index is 0.0900. The summed E-state index contributed by atoms with van der Waals surface area (Å²) in [6.07, 6.45) is 0. The number of benzene rings is 2. The third-order valence-corrected chi connectivity index (χ3v) is 5.85. The molecule has 3 rings (SSSR count). The van der Waals surface area contributed by atoms with Crippen molar-refractivity contribution in [1.29, 1.82) is 0 Å². The first kappa shape index (κ1) is 19.1. The molecule has 0 unspecified atom stereocenters. The number of hydrogen-bond acceptors (Lipinski definition) is 4. The SMILES string of the molecule is CN(Cc1ccc(N2CCOCC2)cc1)C(=O)CSc1ccccc1Cl. The number of carbonyl (C=O) groups is 1. The molecule has 1 aliphatic rings. The van der Waals surface area contributed by atoms with E-state index < -0.39 is 0 Å². The van der Waals surface area contributed by atoms with Gasteiger partial charge in [-0.25, -0.2) is 0 Å². The molecule has 1 heterocycles. The van der Waals surface area contributed by atoms with E-state index in [0.717, 1.165) is 36.8 Å². The fourth-order valence-electron chi connectivity index (χ4n) is 2.81. The summed E-state index contributed by atoms with van der Waals surface area (Å²) < 4.78 is 5.39. The summed E-state index contributed by atoms with van der Waals surface area (Å²) >= 11 is 7.61. The summed E-state index contributed by atoms with van der Waals surface area (Å²) in [5, 5.41) is 0.687. The maximum atomic E-state index is 12.4. The van der Waals surface area contributed by atoms with Gasteiger partial charge in [0.15, 0.2) is 0 Å². The van der Waals surface area contributed by atoms with E-state index in [0.29, 0.717) is 17.3 Å². The second kappa shape index (κ2) is 9.31. The molecule has 1 aliphatic heterocycles.